The molecule has 5 rings (SSSR count). The van der Waals surface area contributed by atoms with Crippen LogP contribution in [0.1, 0.15) is 29.0 Å². The number of aromatic nitrogens is 4. The number of carbonyl (C=O) groups excluding carboxylic acids is 1. The molecule has 4 heterocycles. The topological polar surface area (TPSA) is 73.1 Å². The lowest BCUT2D eigenvalue weighted by atomic mass is 9.98. The van der Waals surface area contributed by atoms with Gasteiger partial charge in [-0.05, 0) is 36.6 Å². The molecule has 1 aromatic carbocycles. The molecule has 7 nitrogen and oxygen atoms in total. The van der Waals surface area contributed by atoms with E-state index in [9.17, 15) is 18.0 Å². The summed E-state index contributed by atoms with van der Waals surface area (Å²) in [5.41, 5.74) is 2.45. The molecule has 0 bridgehead atoms. The van der Waals surface area contributed by atoms with Gasteiger partial charge >= 0.3 is 6.18 Å². The summed E-state index contributed by atoms with van der Waals surface area (Å²) in [6.45, 7) is 0.961. The van der Waals surface area contributed by atoms with E-state index in [1.807, 2.05) is 48.0 Å². The first-order valence-electron chi connectivity index (χ1n) is 11.6. The Morgan fingerprint density at radius 2 is 1.94 bits per heavy atom. The molecule has 1 saturated heterocycles. The molecule has 1 unspecified atom stereocenters. The van der Waals surface area contributed by atoms with Gasteiger partial charge in [0, 0.05) is 32.3 Å². The van der Waals surface area contributed by atoms with Crippen molar-refractivity contribution in [2.45, 2.75) is 19.0 Å². The number of likely N-dealkylation sites (tertiary alicyclic amines) is 1. The van der Waals surface area contributed by atoms with Gasteiger partial charge in [-0.15, -0.1) is 0 Å². The maximum Gasteiger partial charge on any atom is 0.437 e. The van der Waals surface area contributed by atoms with E-state index in [4.69, 9.17) is 4.74 Å². The number of piperidine rings is 1. The van der Waals surface area contributed by atoms with Crippen LogP contribution in [0.15, 0.2) is 60.9 Å². The van der Waals surface area contributed by atoms with Crippen LogP contribution in [0.3, 0.4) is 0 Å². The number of benzene rings is 1. The van der Waals surface area contributed by atoms with Crippen molar-refractivity contribution in [1.29, 1.82) is 0 Å². The molecule has 1 aliphatic heterocycles. The smallest absolute Gasteiger partial charge is 0.437 e. The molecule has 10 heteroatoms. The summed E-state index contributed by atoms with van der Waals surface area (Å²) in [4.78, 5) is 27.4. The second-order valence-electron chi connectivity index (χ2n) is 8.84. The van der Waals surface area contributed by atoms with Crippen molar-refractivity contribution in [3.8, 4) is 17.0 Å². The first kappa shape index (κ1) is 23.8. The predicted molar refractivity (Wildman–Crippen MR) is 127 cm³/mol. The number of ether oxygens (including phenoxy) is 1. The minimum Gasteiger partial charge on any atom is -0.491 e. The molecule has 36 heavy (non-hydrogen) atoms. The van der Waals surface area contributed by atoms with Gasteiger partial charge in [0.2, 0.25) is 0 Å². The van der Waals surface area contributed by atoms with E-state index >= 15 is 0 Å². The van der Waals surface area contributed by atoms with E-state index in [1.54, 1.807) is 4.90 Å². The lowest BCUT2D eigenvalue weighted by molar-refractivity contribution is -0.142. The first-order valence-corrected chi connectivity index (χ1v) is 11.6. The molecule has 0 N–H and O–H groups in total. The van der Waals surface area contributed by atoms with Crippen LogP contribution < -0.4 is 4.74 Å². The van der Waals surface area contributed by atoms with Gasteiger partial charge in [-0.1, -0.05) is 30.3 Å². The van der Waals surface area contributed by atoms with Crippen molar-refractivity contribution in [2.24, 2.45) is 13.0 Å². The summed E-state index contributed by atoms with van der Waals surface area (Å²) in [5.74, 6) is -0.669. The monoisotopic (exact) mass is 495 g/mol. The Balaban J connectivity index is 1.30. The van der Waals surface area contributed by atoms with Crippen molar-refractivity contribution in [2.75, 3.05) is 19.7 Å². The molecule has 1 atom stereocenters. The molecule has 186 valence electrons. The van der Waals surface area contributed by atoms with Gasteiger partial charge in [0.15, 0.2) is 11.3 Å². The number of pyridine rings is 1. The number of alkyl halides is 3. The predicted octanol–water partition coefficient (Wildman–Crippen LogP) is 4.98. The van der Waals surface area contributed by atoms with Crippen molar-refractivity contribution in [1.82, 2.24) is 24.4 Å². The molecule has 0 radical (unpaired) electrons. The van der Waals surface area contributed by atoms with E-state index in [1.165, 1.54) is 18.3 Å². The van der Waals surface area contributed by atoms with E-state index < -0.39 is 11.9 Å². The Kier molecular flexibility index (Phi) is 6.34. The van der Waals surface area contributed by atoms with Crippen molar-refractivity contribution in [3.05, 3.63) is 72.3 Å². The second-order valence-corrected chi connectivity index (χ2v) is 8.84. The van der Waals surface area contributed by atoms with Crippen LogP contribution in [-0.2, 0) is 13.2 Å². The molecular weight excluding hydrogens is 471 g/mol. The van der Waals surface area contributed by atoms with Crippen LogP contribution in [0.2, 0.25) is 0 Å². The summed E-state index contributed by atoms with van der Waals surface area (Å²) in [5, 5.41) is 0. The highest BCUT2D eigenvalue weighted by atomic mass is 19.4. The number of nitrogens with zero attached hydrogens (tertiary/aromatic N) is 5. The lowest BCUT2D eigenvalue weighted by Crippen LogP contribution is -2.42. The van der Waals surface area contributed by atoms with Gasteiger partial charge in [-0.3, -0.25) is 9.78 Å². The Morgan fingerprint density at radius 3 is 2.72 bits per heavy atom. The quantitative estimate of drug-likeness (QED) is 0.391. The van der Waals surface area contributed by atoms with Crippen LogP contribution in [0.25, 0.3) is 22.4 Å². The summed E-state index contributed by atoms with van der Waals surface area (Å²) in [6.07, 6.45) is -0.569. The van der Waals surface area contributed by atoms with Crippen LogP contribution >= 0.6 is 0 Å². The van der Waals surface area contributed by atoms with Gasteiger partial charge in [-0.2, -0.15) is 13.2 Å². The Bertz CT molecular complexity index is 1390. The van der Waals surface area contributed by atoms with Crippen LogP contribution in [0.4, 0.5) is 13.2 Å². The number of fused-ring (bicyclic) bond motifs is 1. The van der Waals surface area contributed by atoms with Gasteiger partial charge in [0.05, 0.1) is 18.5 Å². The fourth-order valence-electron chi connectivity index (χ4n) is 4.54. The summed E-state index contributed by atoms with van der Waals surface area (Å²) < 4.78 is 47.0. The van der Waals surface area contributed by atoms with Crippen molar-refractivity contribution >= 4 is 17.1 Å². The number of aryl methyl sites for hydroxylation is 1. The summed E-state index contributed by atoms with van der Waals surface area (Å²) >= 11 is 0. The number of halogens is 3. The third kappa shape index (κ3) is 4.75. The lowest BCUT2D eigenvalue weighted by Gasteiger charge is -2.32. The van der Waals surface area contributed by atoms with Gasteiger partial charge in [0.1, 0.15) is 17.0 Å². The highest BCUT2D eigenvalue weighted by Crippen LogP contribution is 2.34. The second kappa shape index (κ2) is 9.60. The number of hydrogen-bond acceptors (Lipinski definition) is 5. The molecule has 1 aliphatic rings. The molecule has 0 saturated carbocycles. The van der Waals surface area contributed by atoms with Crippen LogP contribution in [0, 0.1) is 5.92 Å². The largest absolute Gasteiger partial charge is 0.491 e. The molecule has 3 aromatic heterocycles. The Labute approximate surface area is 205 Å². The van der Waals surface area contributed by atoms with Crippen LogP contribution in [0.5, 0.6) is 5.75 Å². The first-order chi connectivity index (χ1) is 17.3. The van der Waals surface area contributed by atoms with Gasteiger partial charge in [0.25, 0.3) is 5.91 Å². The SMILES string of the molecule is Cn1c(-c2ccccc2)cc2ncc(C(=O)N3CCCC(COc4cccnc4C(F)(F)F)C3)nc21. The van der Waals surface area contributed by atoms with E-state index in [0.29, 0.717) is 24.3 Å². The third-order valence-corrected chi connectivity index (χ3v) is 6.34. The fraction of sp³-hybridized carbons (Fsp3) is 0.308. The van der Waals surface area contributed by atoms with E-state index in [2.05, 4.69) is 15.0 Å². The average molecular weight is 496 g/mol. The van der Waals surface area contributed by atoms with Gasteiger partial charge in [-0.25, -0.2) is 9.97 Å². The maximum atomic E-state index is 13.3. The molecule has 1 amide bonds. The zero-order valence-electron chi connectivity index (χ0n) is 19.6. The van der Waals surface area contributed by atoms with Gasteiger partial charge < -0.3 is 14.2 Å². The zero-order chi connectivity index (χ0) is 25.3. The van der Waals surface area contributed by atoms with Crippen molar-refractivity contribution < 1.29 is 22.7 Å². The minimum absolute atomic E-state index is 0.0571. The highest BCUT2D eigenvalue weighted by Gasteiger charge is 2.36. The standard InChI is InChI=1S/C26H24F3N5O2/c1-33-21(18-8-3-2-4-9-18)13-19-24(33)32-20(14-31-19)25(35)34-12-6-7-17(15-34)16-36-22-10-5-11-30-23(22)26(27,28)29/h2-5,8-11,13-14,17H,6-7,12,15-16H2,1H3. The van der Waals surface area contributed by atoms with Crippen LogP contribution in [-0.4, -0.2) is 50.0 Å². The normalized spacial score (nSPS) is 16.3. The number of rotatable bonds is 5. The average Bonchev–Trinajstić information content (AvgIpc) is 3.23. The molecular formula is C26H24F3N5O2. The zero-order valence-corrected chi connectivity index (χ0v) is 19.6. The molecule has 4 aromatic rings. The highest BCUT2D eigenvalue weighted by molar-refractivity contribution is 5.94. The Morgan fingerprint density at radius 1 is 1.14 bits per heavy atom. The van der Waals surface area contributed by atoms with E-state index in [-0.39, 0.29) is 29.9 Å². The van der Waals surface area contributed by atoms with Crippen molar-refractivity contribution in [3.63, 3.8) is 0 Å². The van der Waals surface area contributed by atoms with E-state index in [0.717, 1.165) is 30.3 Å². The number of carbonyl (C=O) groups is 1. The number of hydrogen-bond donors (Lipinski definition) is 0. The summed E-state index contributed by atoms with van der Waals surface area (Å²) in [6, 6.07) is 14.5. The molecule has 0 aliphatic carbocycles. The Hall–Kier alpha value is -3.95. The summed E-state index contributed by atoms with van der Waals surface area (Å²) in [7, 11) is 1.88. The molecule has 1 fully saturated rings. The fourth-order valence-corrected chi connectivity index (χ4v) is 4.54. The number of amides is 1. The molecule has 0 spiro atoms. The minimum atomic E-state index is -4.60. The third-order valence-electron chi connectivity index (χ3n) is 6.34. The maximum absolute atomic E-state index is 13.3.